The van der Waals surface area contributed by atoms with Gasteiger partial charge in [-0.3, -0.25) is 14.2 Å². The number of alkyl halides is 3. The smallest absolute Gasteiger partial charge is 0.420 e. The summed E-state index contributed by atoms with van der Waals surface area (Å²) in [5, 5.41) is 2.54. The lowest BCUT2D eigenvalue weighted by atomic mass is 10.2. The molecule has 1 amide bonds. The number of aromatic nitrogens is 1. The van der Waals surface area contributed by atoms with E-state index in [1.807, 2.05) is 0 Å². The lowest BCUT2D eigenvalue weighted by Gasteiger charge is -2.12. The second kappa shape index (κ2) is 7.77. The van der Waals surface area contributed by atoms with Gasteiger partial charge in [0.2, 0.25) is 0 Å². The molecule has 0 saturated carbocycles. The minimum Gasteiger partial charge on any atom is -0.420 e. The number of anilines is 1. The molecular formula is C19H12ClF3N2O3. The Bertz CT molecular complexity index is 1060. The highest BCUT2D eigenvalue weighted by molar-refractivity contribution is 6.20. The van der Waals surface area contributed by atoms with Gasteiger partial charge in [-0.05, 0) is 42.5 Å². The predicted octanol–water partition coefficient (Wildman–Crippen LogP) is 4.40. The molecule has 5 nitrogen and oxygen atoms in total. The van der Waals surface area contributed by atoms with E-state index in [0.29, 0.717) is 5.69 Å². The summed E-state index contributed by atoms with van der Waals surface area (Å²) in [5.74, 6) is -1.39. The van der Waals surface area contributed by atoms with Crippen LogP contribution in [0.2, 0.25) is 0 Å². The number of nitrogens with zero attached hydrogens (tertiary/aromatic N) is 1. The number of halogens is 4. The summed E-state index contributed by atoms with van der Waals surface area (Å²) < 4.78 is 44.3. The van der Waals surface area contributed by atoms with Gasteiger partial charge in [-0.1, -0.05) is 12.1 Å². The first kappa shape index (κ1) is 19.5. The van der Waals surface area contributed by atoms with Crippen molar-refractivity contribution in [3.63, 3.8) is 0 Å². The number of carbonyl (C=O) groups is 1. The van der Waals surface area contributed by atoms with Crippen LogP contribution >= 0.6 is 11.6 Å². The van der Waals surface area contributed by atoms with E-state index in [4.69, 9.17) is 0 Å². The van der Waals surface area contributed by atoms with Crippen molar-refractivity contribution in [1.29, 1.82) is 0 Å². The number of para-hydroxylation sites is 1. The maximum absolute atomic E-state index is 14.0. The molecular weight excluding hydrogens is 397 g/mol. The van der Waals surface area contributed by atoms with Gasteiger partial charge in [0.15, 0.2) is 0 Å². The van der Waals surface area contributed by atoms with Crippen molar-refractivity contribution < 1.29 is 22.7 Å². The lowest BCUT2D eigenvalue weighted by Crippen LogP contribution is -2.21. The molecule has 0 aliphatic rings. The van der Waals surface area contributed by atoms with E-state index in [2.05, 4.69) is 21.7 Å². The van der Waals surface area contributed by atoms with Crippen LogP contribution in [0.1, 0.15) is 10.4 Å². The molecule has 1 heterocycles. The zero-order valence-corrected chi connectivity index (χ0v) is 14.8. The molecule has 9 heteroatoms. The monoisotopic (exact) mass is 408 g/mol. The highest BCUT2D eigenvalue weighted by atomic mass is 35.5. The Kier molecular flexibility index (Phi) is 5.41. The summed E-state index contributed by atoms with van der Waals surface area (Å²) in [6.45, 7) is 0. The number of benzene rings is 2. The van der Waals surface area contributed by atoms with Crippen LogP contribution in [0.5, 0.6) is 5.75 Å². The van der Waals surface area contributed by atoms with Gasteiger partial charge >= 0.3 is 5.57 Å². The number of carbonyl (C=O) groups excluding carboxylic acids is 1. The van der Waals surface area contributed by atoms with Gasteiger partial charge in [0, 0.05) is 29.6 Å². The molecule has 0 bridgehead atoms. The van der Waals surface area contributed by atoms with E-state index in [0.717, 1.165) is 10.6 Å². The van der Waals surface area contributed by atoms with E-state index in [-0.39, 0.29) is 17.0 Å². The van der Waals surface area contributed by atoms with Crippen molar-refractivity contribution in [3.05, 3.63) is 88.6 Å². The lowest BCUT2D eigenvalue weighted by molar-refractivity contribution is -0.0964. The molecule has 2 aromatic carbocycles. The average Bonchev–Trinajstić information content (AvgIpc) is 2.63. The number of hydrogen-bond acceptors (Lipinski definition) is 3. The Morgan fingerprint density at radius 2 is 1.71 bits per heavy atom. The van der Waals surface area contributed by atoms with Crippen molar-refractivity contribution in [3.8, 4) is 11.4 Å². The van der Waals surface area contributed by atoms with Crippen molar-refractivity contribution in [1.82, 2.24) is 4.57 Å². The minimum atomic E-state index is -3.84. The first-order chi connectivity index (χ1) is 13.2. The Morgan fingerprint density at radius 3 is 2.36 bits per heavy atom. The Hall–Kier alpha value is -3.26. The van der Waals surface area contributed by atoms with Crippen LogP contribution in [-0.4, -0.2) is 16.0 Å². The quantitative estimate of drug-likeness (QED) is 0.637. The molecule has 0 saturated heterocycles. The Morgan fingerprint density at radius 1 is 1.04 bits per heavy atom. The number of hydrogen-bond donors (Lipinski definition) is 1. The topological polar surface area (TPSA) is 60.3 Å². The molecule has 144 valence electrons. The Balaban J connectivity index is 1.81. The summed E-state index contributed by atoms with van der Waals surface area (Å²) in [5.41, 5.74) is -3.96. The maximum Gasteiger partial charge on any atom is 0.487 e. The van der Waals surface area contributed by atoms with Gasteiger partial charge in [0.05, 0.1) is 11.3 Å². The van der Waals surface area contributed by atoms with Crippen molar-refractivity contribution in [2.24, 2.45) is 0 Å². The summed E-state index contributed by atoms with van der Waals surface area (Å²) in [6.07, 6.45) is 1.21. The SMILES string of the molecule is O=C(Nc1ccc(OC(F)(F)Cl)cc1)c1ccc(=O)n(-c2ccccc2F)c1. The number of nitrogens with one attached hydrogen (secondary N) is 1. The fourth-order valence-electron chi connectivity index (χ4n) is 2.40. The van der Waals surface area contributed by atoms with Crippen LogP contribution in [0.25, 0.3) is 5.69 Å². The van der Waals surface area contributed by atoms with Crippen LogP contribution in [-0.2, 0) is 0 Å². The van der Waals surface area contributed by atoms with Gasteiger partial charge in [0.1, 0.15) is 11.6 Å². The van der Waals surface area contributed by atoms with Crippen molar-refractivity contribution in [2.45, 2.75) is 5.57 Å². The molecule has 0 aliphatic carbocycles. The van der Waals surface area contributed by atoms with Crippen molar-refractivity contribution >= 4 is 23.2 Å². The fourth-order valence-corrected chi connectivity index (χ4v) is 2.49. The zero-order chi connectivity index (χ0) is 20.3. The summed E-state index contributed by atoms with van der Waals surface area (Å²) in [7, 11) is 0. The van der Waals surface area contributed by atoms with Crippen LogP contribution in [0.3, 0.4) is 0 Å². The van der Waals surface area contributed by atoms with Gasteiger partial charge in [-0.15, -0.1) is 8.78 Å². The predicted molar refractivity (Wildman–Crippen MR) is 97.8 cm³/mol. The molecule has 3 rings (SSSR count). The molecule has 1 aromatic heterocycles. The number of ether oxygens (including phenoxy) is 1. The van der Waals surface area contributed by atoms with Crippen molar-refractivity contribution in [2.75, 3.05) is 5.32 Å². The molecule has 0 unspecified atom stereocenters. The van der Waals surface area contributed by atoms with Crippen LogP contribution in [0.4, 0.5) is 18.9 Å². The first-order valence-electron chi connectivity index (χ1n) is 7.88. The normalized spacial score (nSPS) is 11.1. The summed E-state index contributed by atoms with van der Waals surface area (Å²) in [4.78, 5) is 24.5. The van der Waals surface area contributed by atoms with E-state index < -0.39 is 22.9 Å². The van der Waals surface area contributed by atoms with E-state index >= 15 is 0 Å². The van der Waals surface area contributed by atoms with Gasteiger partial charge in [0.25, 0.3) is 11.5 Å². The molecule has 3 aromatic rings. The first-order valence-corrected chi connectivity index (χ1v) is 8.25. The van der Waals surface area contributed by atoms with Gasteiger partial charge in [-0.2, -0.15) is 0 Å². The highest BCUT2D eigenvalue weighted by Crippen LogP contribution is 2.26. The standard InChI is InChI=1S/C19H12ClF3N2O3/c20-19(22,23)28-14-8-6-13(7-9-14)24-18(27)12-5-10-17(26)25(11-12)16-4-2-1-3-15(16)21/h1-11H,(H,24,27). The molecule has 0 aliphatic heterocycles. The average molecular weight is 409 g/mol. The largest absolute Gasteiger partial charge is 0.487 e. The molecule has 0 fully saturated rings. The third-order valence-corrected chi connectivity index (χ3v) is 3.71. The molecule has 0 spiro atoms. The molecule has 0 atom stereocenters. The van der Waals surface area contributed by atoms with Gasteiger partial charge in [-0.25, -0.2) is 4.39 Å². The van der Waals surface area contributed by atoms with E-state index in [1.54, 1.807) is 6.07 Å². The van der Waals surface area contributed by atoms with Crippen LogP contribution in [0.15, 0.2) is 71.7 Å². The second-order valence-electron chi connectivity index (χ2n) is 5.60. The highest BCUT2D eigenvalue weighted by Gasteiger charge is 2.27. The maximum atomic E-state index is 14.0. The minimum absolute atomic E-state index is 0.00524. The molecule has 1 N–H and O–H groups in total. The molecule has 28 heavy (non-hydrogen) atoms. The number of pyridine rings is 1. The third-order valence-electron chi connectivity index (χ3n) is 3.63. The molecule has 0 radical (unpaired) electrons. The summed E-state index contributed by atoms with van der Waals surface area (Å²) in [6, 6.07) is 13.1. The Labute approximate surface area is 161 Å². The van der Waals surface area contributed by atoms with Gasteiger partial charge < -0.3 is 10.1 Å². The van der Waals surface area contributed by atoms with E-state index in [1.165, 1.54) is 54.7 Å². The summed E-state index contributed by atoms with van der Waals surface area (Å²) >= 11 is 4.68. The third kappa shape index (κ3) is 4.72. The number of amides is 1. The fraction of sp³-hybridized carbons (Fsp3) is 0.0526. The van der Waals surface area contributed by atoms with E-state index in [9.17, 15) is 22.8 Å². The van der Waals surface area contributed by atoms with Crippen LogP contribution in [0, 0.1) is 5.82 Å². The zero-order valence-electron chi connectivity index (χ0n) is 14.0. The number of rotatable bonds is 5. The van der Waals surface area contributed by atoms with Crippen LogP contribution < -0.4 is 15.6 Å². The second-order valence-corrected chi connectivity index (χ2v) is 6.04.